The quantitative estimate of drug-likeness (QED) is 0.281. The highest BCUT2D eigenvalue weighted by molar-refractivity contribution is 6.34. The fourth-order valence-corrected chi connectivity index (χ4v) is 4.37. The van der Waals surface area contributed by atoms with E-state index in [0.29, 0.717) is 12.8 Å². The van der Waals surface area contributed by atoms with Gasteiger partial charge in [-0.05, 0) is 69.4 Å². The summed E-state index contributed by atoms with van der Waals surface area (Å²) in [6.45, 7) is 5.36. The number of phenolic OH excluding ortho intramolecular Hbond substituents is 1. The van der Waals surface area contributed by atoms with Crippen molar-refractivity contribution < 1.29 is 24.5 Å². The number of alkyl carbamates (subject to hydrolysis) is 1. The molecule has 0 saturated carbocycles. The molecule has 38 heavy (non-hydrogen) atoms. The fraction of sp³-hybridized carbons (Fsp3) is 0.333. The smallest absolute Gasteiger partial charge is 0.407 e. The molecule has 0 spiro atoms. The monoisotopic (exact) mass is 538 g/mol. The van der Waals surface area contributed by atoms with Crippen LogP contribution in [0.1, 0.15) is 48.7 Å². The maximum absolute atomic E-state index is 13.1. The number of carbonyl (C=O) groups excluding carboxylic acids is 2. The summed E-state index contributed by atoms with van der Waals surface area (Å²) >= 11 is 6.19. The maximum atomic E-state index is 13.1. The maximum Gasteiger partial charge on any atom is 0.407 e. The van der Waals surface area contributed by atoms with E-state index in [1.807, 2.05) is 60.7 Å². The molecule has 7 nitrogen and oxygen atoms in total. The van der Waals surface area contributed by atoms with Gasteiger partial charge >= 0.3 is 6.09 Å². The molecule has 4 N–H and O–H groups in total. The molecule has 0 aromatic heterocycles. The third-order valence-electron chi connectivity index (χ3n) is 5.85. The number of benzene rings is 3. The zero-order chi connectivity index (χ0) is 27.7. The van der Waals surface area contributed by atoms with Crippen molar-refractivity contribution >= 4 is 23.6 Å². The Hall–Kier alpha value is -3.55. The Balaban J connectivity index is 1.82. The van der Waals surface area contributed by atoms with Crippen LogP contribution in [0.25, 0.3) is 0 Å². The topological polar surface area (TPSA) is 108 Å². The molecule has 0 fully saturated rings. The summed E-state index contributed by atoms with van der Waals surface area (Å²) < 4.78 is 5.45. The number of aromatic hydroxyl groups is 1. The number of rotatable bonds is 10. The minimum absolute atomic E-state index is 0.0515. The van der Waals surface area contributed by atoms with Gasteiger partial charge in [-0.2, -0.15) is 0 Å². The Morgan fingerprint density at radius 3 is 2.03 bits per heavy atom. The molecule has 3 atom stereocenters. The van der Waals surface area contributed by atoms with Gasteiger partial charge in [-0.15, -0.1) is 0 Å². The lowest BCUT2D eigenvalue weighted by molar-refractivity contribution is 0.0463. The lowest BCUT2D eigenvalue weighted by Gasteiger charge is -2.29. The number of amides is 2. The highest BCUT2D eigenvalue weighted by atomic mass is 35.5. The summed E-state index contributed by atoms with van der Waals surface area (Å²) in [6, 6.07) is 22.1. The molecule has 0 bridgehead atoms. The first-order valence-corrected chi connectivity index (χ1v) is 12.9. The van der Waals surface area contributed by atoms with E-state index in [9.17, 15) is 19.8 Å². The normalized spacial score (nSPS) is 13.7. The second-order valence-electron chi connectivity index (χ2n) is 10.3. The van der Waals surface area contributed by atoms with E-state index in [-0.39, 0.29) is 22.8 Å². The number of ether oxygens (including phenoxy) is 1. The Labute approximate surface area is 228 Å². The van der Waals surface area contributed by atoms with Crippen LogP contribution in [-0.4, -0.2) is 46.0 Å². The fourth-order valence-electron chi connectivity index (χ4n) is 4.11. The van der Waals surface area contributed by atoms with Crippen LogP contribution in [0.3, 0.4) is 0 Å². The third kappa shape index (κ3) is 9.39. The van der Waals surface area contributed by atoms with Crippen molar-refractivity contribution in [3.8, 4) is 5.75 Å². The van der Waals surface area contributed by atoms with Gasteiger partial charge in [-0.3, -0.25) is 4.79 Å². The highest BCUT2D eigenvalue weighted by Gasteiger charge is 2.28. The van der Waals surface area contributed by atoms with Crippen molar-refractivity contribution in [2.75, 3.05) is 0 Å². The van der Waals surface area contributed by atoms with Gasteiger partial charge in [0.15, 0.2) is 0 Å². The van der Waals surface area contributed by atoms with Crippen LogP contribution in [0.15, 0.2) is 78.9 Å². The number of phenols is 1. The van der Waals surface area contributed by atoms with Crippen LogP contribution in [0.5, 0.6) is 5.75 Å². The number of hydrogen-bond donors (Lipinski definition) is 4. The lowest BCUT2D eigenvalue weighted by atomic mass is 9.93. The van der Waals surface area contributed by atoms with Gasteiger partial charge < -0.3 is 25.6 Å². The summed E-state index contributed by atoms with van der Waals surface area (Å²) in [6.07, 6.45) is -0.611. The van der Waals surface area contributed by atoms with Crippen LogP contribution in [-0.2, 0) is 17.6 Å². The molecule has 202 valence electrons. The summed E-state index contributed by atoms with van der Waals surface area (Å²) in [5, 5.41) is 26.9. The predicted octanol–water partition coefficient (Wildman–Crippen LogP) is 5.27. The van der Waals surface area contributed by atoms with Gasteiger partial charge in [0.25, 0.3) is 5.91 Å². The van der Waals surface area contributed by atoms with Crippen molar-refractivity contribution in [1.29, 1.82) is 0 Å². The van der Waals surface area contributed by atoms with E-state index < -0.39 is 35.8 Å². The van der Waals surface area contributed by atoms with Crippen LogP contribution < -0.4 is 10.6 Å². The van der Waals surface area contributed by atoms with Gasteiger partial charge in [0.1, 0.15) is 11.4 Å². The molecule has 0 radical (unpaired) electrons. The van der Waals surface area contributed by atoms with E-state index >= 15 is 0 Å². The molecule has 0 aliphatic heterocycles. The van der Waals surface area contributed by atoms with Crippen molar-refractivity contribution in [2.24, 2.45) is 0 Å². The molecule has 0 saturated heterocycles. The van der Waals surface area contributed by atoms with Crippen molar-refractivity contribution in [3.05, 3.63) is 101 Å². The molecule has 0 aliphatic carbocycles. The van der Waals surface area contributed by atoms with Gasteiger partial charge in [0, 0.05) is 6.04 Å². The van der Waals surface area contributed by atoms with Crippen LogP contribution in [0, 0.1) is 0 Å². The largest absolute Gasteiger partial charge is 0.508 e. The van der Waals surface area contributed by atoms with Crippen molar-refractivity contribution in [1.82, 2.24) is 10.6 Å². The van der Waals surface area contributed by atoms with Gasteiger partial charge in [0.2, 0.25) is 0 Å². The minimum atomic E-state index is -1.02. The standard InChI is InChI=1S/C30H35ClN2O5/c1-30(2,3)38-29(37)32-22(16-20-10-6-4-7-11-20)18-27(35)26(17-21-12-8-5-9-13-21)33-28(36)24-15-14-23(34)19-25(24)31/h4-15,19,22,26-27,34-35H,16-18H2,1-3H3,(H,32,37)(H,33,36). The third-order valence-corrected chi connectivity index (χ3v) is 6.16. The van der Waals surface area contributed by atoms with Crippen molar-refractivity contribution in [2.45, 2.75) is 63.8 Å². The first-order chi connectivity index (χ1) is 18.0. The zero-order valence-electron chi connectivity index (χ0n) is 21.9. The molecule has 3 unspecified atom stereocenters. The Morgan fingerprint density at radius 2 is 1.47 bits per heavy atom. The van der Waals surface area contributed by atoms with E-state index in [4.69, 9.17) is 16.3 Å². The summed E-state index contributed by atoms with van der Waals surface area (Å²) in [5.41, 5.74) is 1.42. The predicted molar refractivity (Wildman–Crippen MR) is 148 cm³/mol. The van der Waals surface area contributed by atoms with E-state index in [2.05, 4.69) is 10.6 Å². The summed E-state index contributed by atoms with van der Waals surface area (Å²) in [5.74, 6) is -0.529. The van der Waals surface area contributed by atoms with Crippen LogP contribution >= 0.6 is 11.6 Å². The Kier molecular flexibility index (Phi) is 10.2. The molecule has 0 aliphatic rings. The molecule has 3 aromatic carbocycles. The second-order valence-corrected chi connectivity index (χ2v) is 10.7. The average Bonchev–Trinajstić information content (AvgIpc) is 2.83. The molecule has 3 rings (SSSR count). The first kappa shape index (κ1) is 29.0. The van der Waals surface area contributed by atoms with Crippen LogP contribution in [0.2, 0.25) is 5.02 Å². The zero-order valence-corrected chi connectivity index (χ0v) is 22.6. The highest BCUT2D eigenvalue weighted by Crippen LogP contribution is 2.22. The van der Waals surface area contributed by atoms with E-state index in [1.54, 1.807) is 20.8 Å². The minimum Gasteiger partial charge on any atom is -0.508 e. The second kappa shape index (κ2) is 13.3. The van der Waals surface area contributed by atoms with E-state index in [0.717, 1.165) is 11.1 Å². The summed E-state index contributed by atoms with van der Waals surface area (Å²) in [4.78, 5) is 25.7. The Bertz CT molecular complexity index is 1200. The number of halogens is 1. The van der Waals surface area contributed by atoms with Gasteiger partial charge in [0.05, 0.1) is 22.7 Å². The average molecular weight is 539 g/mol. The molecule has 2 amide bonds. The Morgan fingerprint density at radius 1 is 0.895 bits per heavy atom. The summed E-state index contributed by atoms with van der Waals surface area (Å²) in [7, 11) is 0. The lowest BCUT2D eigenvalue weighted by Crippen LogP contribution is -2.49. The molecule has 8 heteroatoms. The molecular weight excluding hydrogens is 504 g/mol. The molecule has 3 aromatic rings. The number of nitrogens with one attached hydrogen (secondary N) is 2. The van der Waals surface area contributed by atoms with Crippen molar-refractivity contribution in [3.63, 3.8) is 0 Å². The number of hydrogen-bond acceptors (Lipinski definition) is 5. The van der Waals surface area contributed by atoms with Crippen LogP contribution in [0.4, 0.5) is 4.79 Å². The molecular formula is C30H35ClN2O5. The molecule has 0 heterocycles. The van der Waals surface area contributed by atoms with Gasteiger partial charge in [-0.25, -0.2) is 4.79 Å². The SMILES string of the molecule is CC(C)(C)OC(=O)NC(Cc1ccccc1)CC(O)C(Cc1ccccc1)NC(=O)c1ccc(O)cc1Cl. The number of carbonyl (C=O) groups is 2. The number of aliphatic hydroxyl groups excluding tert-OH is 1. The number of aliphatic hydroxyl groups is 1. The first-order valence-electron chi connectivity index (χ1n) is 12.5. The van der Waals surface area contributed by atoms with Gasteiger partial charge in [-0.1, -0.05) is 72.3 Å². The van der Waals surface area contributed by atoms with E-state index in [1.165, 1.54) is 18.2 Å².